The highest BCUT2D eigenvalue weighted by molar-refractivity contribution is 5.68. The van der Waals surface area contributed by atoms with E-state index in [9.17, 15) is 0 Å². The van der Waals surface area contributed by atoms with Crippen molar-refractivity contribution in [3.05, 3.63) is 23.3 Å². The molecule has 0 saturated carbocycles. The number of hydrogen-bond acceptors (Lipinski definition) is 2. The number of nitrogens with two attached hydrogens (primary N) is 2. The molecule has 1 aromatic carbocycles. The molecule has 0 unspecified atom stereocenters. The normalized spacial score (nSPS) is 8.50. The Hall–Kier alpha value is -2.06. The van der Waals surface area contributed by atoms with Crippen molar-refractivity contribution in [1.82, 2.24) is 0 Å². The molecule has 1 aromatic rings. The van der Waals surface area contributed by atoms with Crippen molar-refractivity contribution in [1.29, 1.82) is 0 Å². The molecule has 2 nitrogen and oxygen atoms in total. The van der Waals surface area contributed by atoms with Gasteiger partial charge in [0.2, 0.25) is 0 Å². The second kappa shape index (κ2) is 2.90. The monoisotopic (exact) mass is 156 g/mol. The first-order valence-electron chi connectivity index (χ1n) is 3.31. The molecule has 0 bridgehead atoms. The number of rotatable bonds is 0. The van der Waals surface area contributed by atoms with Crippen molar-refractivity contribution < 1.29 is 0 Å². The lowest BCUT2D eigenvalue weighted by Crippen LogP contribution is -1.96. The van der Waals surface area contributed by atoms with E-state index in [0.29, 0.717) is 22.5 Å². The van der Waals surface area contributed by atoms with Gasteiger partial charge in [0, 0.05) is 22.5 Å². The van der Waals surface area contributed by atoms with Crippen molar-refractivity contribution in [2.24, 2.45) is 0 Å². The molecule has 4 N–H and O–H groups in total. The Morgan fingerprint density at radius 1 is 0.917 bits per heavy atom. The number of benzene rings is 1. The van der Waals surface area contributed by atoms with Crippen molar-refractivity contribution >= 4 is 11.4 Å². The summed E-state index contributed by atoms with van der Waals surface area (Å²) in [6.45, 7) is 0. The number of nitrogen functional groups attached to an aromatic ring is 2. The van der Waals surface area contributed by atoms with Gasteiger partial charge in [-0.15, -0.1) is 12.8 Å². The molecule has 0 amide bonds. The van der Waals surface area contributed by atoms with Gasteiger partial charge in [0.25, 0.3) is 0 Å². The molecule has 0 spiro atoms. The van der Waals surface area contributed by atoms with Crippen LogP contribution in [0.3, 0.4) is 0 Å². The van der Waals surface area contributed by atoms with E-state index in [2.05, 4.69) is 11.8 Å². The summed E-state index contributed by atoms with van der Waals surface area (Å²) < 4.78 is 0. The Morgan fingerprint density at radius 2 is 1.33 bits per heavy atom. The summed E-state index contributed by atoms with van der Waals surface area (Å²) in [5, 5.41) is 0. The van der Waals surface area contributed by atoms with Crippen LogP contribution in [0.1, 0.15) is 11.1 Å². The highest BCUT2D eigenvalue weighted by Gasteiger charge is 2.00. The van der Waals surface area contributed by atoms with Crippen LogP contribution in [-0.2, 0) is 0 Å². The molecule has 0 atom stereocenters. The maximum absolute atomic E-state index is 5.56. The molecule has 0 aliphatic carbocycles. The molecule has 0 aromatic heterocycles. The van der Waals surface area contributed by atoms with Gasteiger partial charge in [-0.05, 0) is 12.1 Å². The van der Waals surface area contributed by atoms with Gasteiger partial charge in [-0.3, -0.25) is 0 Å². The third kappa shape index (κ3) is 1.19. The third-order valence-corrected chi connectivity index (χ3v) is 1.53. The molecule has 1 rings (SSSR count). The zero-order valence-electron chi connectivity index (χ0n) is 6.46. The Labute approximate surface area is 71.6 Å². The van der Waals surface area contributed by atoms with Crippen LogP contribution in [0.4, 0.5) is 11.4 Å². The zero-order valence-corrected chi connectivity index (χ0v) is 6.46. The van der Waals surface area contributed by atoms with Gasteiger partial charge in [0.05, 0.1) is 0 Å². The summed E-state index contributed by atoms with van der Waals surface area (Å²) in [6, 6.07) is 3.20. The summed E-state index contributed by atoms with van der Waals surface area (Å²) in [5.41, 5.74) is 13.3. The quantitative estimate of drug-likeness (QED) is 0.431. The smallest absolute Gasteiger partial charge is 0.0494 e. The highest BCUT2D eigenvalue weighted by Crippen LogP contribution is 2.19. The topological polar surface area (TPSA) is 52.0 Å². The van der Waals surface area contributed by atoms with E-state index in [0.717, 1.165) is 0 Å². The number of anilines is 2. The SMILES string of the molecule is C#Cc1cc(C#C)c(N)cc1N. The van der Waals surface area contributed by atoms with Crippen LogP contribution in [0.25, 0.3) is 0 Å². The van der Waals surface area contributed by atoms with Crippen LogP contribution in [0.2, 0.25) is 0 Å². The predicted molar refractivity (Wildman–Crippen MR) is 51.1 cm³/mol. The maximum Gasteiger partial charge on any atom is 0.0494 e. The first-order chi connectivity index (χ1) is 5.69. The zero-order chi connectivity index (χ0) is 9.14. The second-order valence-corrected chi connectivity index (χ2v) is 2.32. The Morgan fingerprint density at radius 3 is 1.67 bits per heavy atom. The lowest BCUT2D eigenvalue weighted by molar-refractivity contribution is 1.58. The van der Waals surface area contributed by atoms with E-state index in [1.807, 2.05) is 0 Å². The molecule has 0 aliphatic heterocycles. The van der Waals surface area contributed by atoms with E-state index < -0.39 is 0 Å². The van der Waals surface area contributed by atoms with E-state index in [1.165, 1.54) is 0 Å². The molecule has 0 radical (unpaired) electrons. The summed E-state index contributed by atoms with van der Waals surface area (Å²) >= 11 is 0. The maximum atomic E-state index is 5.56. The molecule has 12 heavy (non-hydrogen) atoms. The predicted octanol–water partition coefficient (Wildman–Crippen LogP) is 0.814. The molecular weight excluding hydrogens is 148 g/mol. The van der Waals surface area contributed by atoms with Gasteiger partial charge < -0.3 is 11.5 Å². The second-order valence-electron chi connectivity index (χ2n) is 2.32. The van der Waals surface area contributed by atoms with E-state index >= 15 is 0 Å². The summed E-state index contributed by atoms with van der Waals surface area (Å²) in [4.78, 5) is 0. The average Bonchev–Trinajstić information content (AvgIpc) is 2.05. The van der Waals surface area contributed by atoms with Crippen LogP contribution in [0.15, 0.2) is 12.1 Å². The molecule has 0 aliphatic rings. The lowest BCUT2D eigenvalue weighted by atomic mass is 10.1. The van der Waals surface area contributed by atoms with Gasteiger partial charge >= 0.3 is 0 Å². The molecule has 0 saturated heterocycles. The molecule has 0 heterocycles. The van der Waals surface area contributed by atoms with Crippen molar-refractivity contribution in [2.75, 3.05) is 11.5 Å². The largest absolute Gasteiger partial charge is 0.398 e. The summed E-state index contributed by atoms with van der Waals surface area (Å²) in [6.07, 6.45) is 10.4. The average molecular weight is 156 g/mol. The van der Waals surface area contributed by atoms with Gasteiger partial charge in [0.15, 0.2) is 0 Å². The molecule has 2 heteroatoms. The van der Waals surface area contributed by atoms with Crippen LogP contribution >= 0.6 is 0 Å². The van der Waals surface area contributed by atoms with Crippen molar-refractivity contribution in [2.45, 2.75) is 0 Å². The minimum absolute atomic E-state index is 0.481. The fourth-order valence-corrected chi connectivity index (χ4v) is 0.884. The first-order valence-corrected chi connectivity index (χ1v) is 3.31. The van der Waals surface area contributed by atoms with Crippen molar-refractivity contribution in [3.8, 4) is 24.7 Å². The molecule has 0 fully saturated rings. The first kappa shape index (κ1) is 8.04. The fourth-order valence-electron chi connectivity index (χ4n) is 0.884. The van der Waals surface area contributed by atoms with E-state index in [4.69, 9.17) is 24.3 Å². The van der Waals surface area contributed by atoms with Gasteiger partial charge in [-0.2, -0.15) is 0 Å². The summed E-state index contributed by atoms with van der Waals surface area (Å²) in [5.74, 6) is 4.84. The fraction of sp³-hybridized carbons (Fsp3) is 0. The van der Waals surface area contributed by atoms with Gasteiger partial charge in [0.1, 0.15) is 0 Å². The van der Waals surface area contributed by atoms with Gasteiger partial charge in [-0.1, -0.05) is 11.8 Å². The van der Waals surface area contributed by atoms with Crippen LogP contribution in [0.5, 0.6) is 0 Å². The highest BCUT2D eigenvalue weighted by atomic mass is 14.6. The van der Waals surface area contributed by atoms with Gasteiger partial charge in [-0.25, -0.2) is 0 Å². The Balaban J connectivity index is 3.42. The van der Waals surface area contributed by atoms with Crippen LogP contribution in [0, 0.1) is 24.7 Å². The Kier molecular flexibility index (Phi) is 1.94. The Bertz CT molecular complexity index is 356. The van der Waals surface area contributed by atoms with Crippen LogP contribution in [-0.4, -0.2) is 0 Å². The molecular formula is C10H8N2. The number of terminal acetylenes is 2. The molecule has 58 valence electrons. The lowest BCUT2D eigenvalue weighted by Gasteiger charge is -2.02. The van der Waals surface area contributed by atoms with Crippen LogP contribution < -0.4 is 11.5 Å². The standard InChI is InChI=1S/C10H8N2/c1-3-7-5-8(4-2)10(12)6-9(7)11/h1-2,5-6H,11-12H2. The minimum atomic E-state index is 0.481. The number of hydrogen-bond donors (Lipinski definition) is 2. The van der Waals surface area contributed by atoms with E-state index in [1.54, 1.807) is 12.1 Å². The minimum Gasteiger partial charge on any atom is -0.398 e. The third-order valence-electron chi connectivity index (χ3n) is 1.53. The van der Waals surface area contributed by atoms with E-state index in [-0.39, 0.29) is 0 Å². The van der Waals surface area contributed by atoms with Crippen molar-refractivity contribution in [3.63, 3.8) is 0 Å². The summed E-state index contributed by atoms with van der Waals surface area (Å²) in [7, 11) is 0.